The van der Waals surface area contributed by atoms with Gasteiger partial charge in [-0.15, -0.1) is 0 Å². The quantitative estimate of drug-likeness (QED) is 0.841. The Morgan fingerprint density at radius 1 is 1.50 bits per heavy atom. The van der Waals surface area contributed by atoms with Gasteiger partial charge in [0.25, 0.3) is 5.91 Å². The fourth-order valence-corrected chi connectivity index (χ4v) is 1.53. The topological polar surface area (TPSA) is 57.8 Å². The van der Waals surface area contributed by atoms with E-state index in [4.69, 9.17) is 11.6 Å². The zero-order valence-corrected chi connectivity index (χ0v) is 9.38. The standard InChI is InChI=1S/C11H10ClN3O/c1-7-10(14-6-13-7)11(16)15-9-4-2-3-8(12)5-9/h2-6H,1H3,(H,13,14)(H,15,16). The third-order valence-corrected chi connectivity index (χ3v) is 2.36. The fourth-order valence-electron chi connectivity index (χ4n) is 1.34. The third kappa shape index (κ3) is 2.23. The van der Waals surface area contributed by atoms with Crippen molar-refractivity contribution in [1.29, 1.82) is 0 Å². The Balaban J connectivity index is 2.17. The molecule has 1 amide bonds. The van der Waals surface area contributed by atoms with E-state index in [1.165, 1.54) is 6.33 Å². The van der Waals surface area contributed by atoms with Crippen molar-refractivity contribution in [3.05, 3.63) is 47.0 Å². The van der Waals surface area contributed by atoms with Crippen LogP contribution in [0.5, 0.6) is 0 Å². The van der Waals surface area contributed by atoms with Gasteiger partial charge >= 0.3 is 0 Å². The van der Waals surface area contributed by atoms with Gasteiger partial charge in [0.2, 0.25) is 0 Å². The van der Waals surface area contributed by atoms with E-state index in [1.807, 2.05) is 0 Å². The number of benzene rings is 1. The van der Waals surface area contributed by atoms with E-state index in [0.717, 1.165) is 5.69 Å². The summed E-state index contributed by atoms with van der Waals surface area (Å²) in [4.78, 5) is 18.6. The van der Waals surface area contributed by atoms with E-state index in [2.05, 4.69) is 15.3 Å². The second kappa shape index (κ2) is 4.37. The molecule has 0 unspecified atom stereocenters. The average molecular weight is 236 g/mol. The summed E-state index contributed by atoms with van der Waals surface area (Å²) < 4.78 is 0. The molecule has 0 radical (unpaired) electrons. The lowest BCUT2D eigenvalue weighted by molar-refractivity contribution is 0.102. The number of nitrogens with zero attached hydrogens (tertiary/aromatic N) is 1. The van der Waals surface area contributed by atoms with Gasteiger partial charge in [-0.05, 0) is 25.1 Å². The summed E-state index contributed by atoms with van der Waals surface area (Å²) in [5.74, 6) is -0.249. The molecule has 5 heteroatoms. The van der Waals surface area contributed by atoms with Crippen molar-refractivity contribution in [1.82, 2.24) is 9.97 Å². The maximum atomic E-state index is 11.8. The highest BCUT2D eigenvalue weighted by Gasteiger charge is 2.11. The molecule has 0 saturated heterocycles. The molecule has 2 rings (SSSR count). The Labute approximate surface area is 97.7 Å². The van der Waals surface area contributed by atoms with E-state index < -0.39 is 0 Å². The third-order valence-electron chi connectivity index (χ3n) is 2.13. The fraction of sp³-hybridized carbons (Fsp3) is 0.0909. The summed E-state index contributed by atoms with van der Waals surface area (Å²) in [6.07, 6.45) is 1.49. The van der Waals surface area contributed by atoms with Crippen LogP contribution in [0.4, 0.5) is 5.69 Å². The second-order valence-corrected chi connectivity index (χ2v) is 3.78. The monoisotopic (exact) mass is 235 g/mol. The van der Waals surface area contributed by atoms with Gasteiger partial charge in [-0.25, -0.2) is 4.98 Å². The molecule has 1 aromatic carbocycles. The predicted octanol–water partition coefficient (Wildman–Crippen LogP) is 2.62. The number of hydrogen-bond donors (Lipinski definition) is 2. The van der Waals surface area contributed by atoms with Crippen LogP contribution >= 0.6 is 11.6 Å². The first-order valence-electron chi connectivity index (χ1n) is 4.73. The van der Waals surface area contributed by atoms with E-state index in [1.54, 1.807) is 31.2 Å². The van der Waals surface area contributed by atoms with Gasteiger partial charge in [-0.2, -0.15) is 0 Å². The van der Waals surface area contributed by atoms with E-state index in [9.17, 15) is 4.79 Å². The molecule has 82 valence electrons. The predicted molar refractivity (Wildman–Crippen MR) is 62.7 cm³/mol. The summed E-state index contributed by atoms with van der Waals surface area (Å²) >= 11 is 5.81. The van der Waals surface area contributed by atoms with Crippen LogP contribution in [0.1, 0.15) is 16.2 Å². The molecule has 4 nitrogen and oxygen atoms in total. The van der Waals surface area contributed by atoms with Gasteiger partial charge in [0.15, 0.2) is 0 Å². The number of aromatic amines is 1. The summed E-state index contributed by atoms with van der Waals surface area (Å²) in [5.41, 5.74) is 1.78. The normalized spacial score (nSPS) is 10.1. The summed E-state index contributed by atoms with van der Waals surface area (Å²) in [6, 6.07) is 6.97. The van der Waals surface area contributed by atoms with Crippen molar-refractivity contribution in [2.24, 2.45) is 0 Å². The Kier molecular flexibility index (Phi) is 2.92. The number of hydrogen-bond acceptors (Lipinski definition) is 2. The highest BCUT2D eigenvalue weighted by atomic mass is 35.5. The Morgan fingerprint density at radius 3 is 2.94 bits per heavy atom. The van der Waals surface area contributed by atoms with Gasteiger partial charge in [0.1, 0.15) is 5.69 Å². The molecule has 0 fully saturated rings. The zero-order chi connectivity index (χ0) is 11.5. The minimum atomic E-state index is -0.249. The lowest BCUT2D eigenvalue weighted by atomic mass is 10.3. The molecular formula is C11H10ClN3O. The van der Waals surface area contributed by atoms with Crippen molar-refractivity contribution in [2.45, 2.75) is 6.92 Å². The highest BCUT2D eigenvalue weighted by molar-refractivity contribution is 6.30. The molecule has 0 aliphatic heterocycles. The maximum Gasteiger partial charge on any atom is 0.276 e. The largest absolute Gasteiger partial charge is 0.348 e. The molecule has 1 heterocycles. The van der Waals surface area contributed by atoms with Gasteiger partial charge < -0.3 is 10.3 Å². The summed E-state index contributed by atoms with van der Waals surface area (Å²) in [5, 5.41) is 3.30. The van der Waals surface area contributed by atoms with E-state index in [-0.39, 0.29) is 5.91 Å². The van der Waals surface area contributed by atoms with Crippen molar-refractivity contribution in [2.75, 3.05) is 5.32 Å². The number of aryl methyl sites for hydroxylation is 1. The van der Waals surface area contributed by atoms with Crippen LogP contribution < -0.4 is 5.32 Å². The first-order chi connectivity index (χ1) is 7.66. The van der Waals surface area contributed by atoms with Crippen LogP contribution in [-0.2, 0) is 0 Å². The molecule has 0 spiro atoms. The van der Waals surface area contributed by atoms with Crippen molar-refractivity contribution >= 4 is 23.2 Å². The van der Waals surface area contributed by atoms with Gasteiger partial charge in [0.05, 0.1) is 6.33 Å². The van der Waals surface area contributed by atoms with Gasteiger partial charge in [-0.3, -0.25) is 4.79 Å². The van der Waals surface area contributed by atoms with Crippen molar-refractivity contribution < 1.29 is 4.79 Å². The smallest absolute Gasteiger partial charge is 0.276 e. The van der Waals surface area contributed by atoms with Crippen LogP contribution in [0.3, 0.4) is 0 Å². The number of carbonyl (C=O) groups is 1. The number of halogens is 1. The number of nitrogens with one attached hydrogen (secondary N) is 2. The number of rotatable bonds is 2. The lowest BCUT2D eigenvalue weighted by Crippen LogP contribution is -2.13. The SMILES string of the molecule is Cc1[nH]cnc1C(=O)Nc1cccc(Cl)c1. The van der Waals surface area contributed by atoms with Gasteiger partial charge in [0, 0.05) is 16.4 Å². The van der Waals surface area contributed by atoms with Crippen LogP contribution in [0.2, 0.25) is 5.02 Å². The van der Waals surface area contributed by atoms with Crippen molar-refractivity contribution in [3.8, 4) is 0 Å². The molecule has 0 aliphatic carbocycles. The second-order valence-electron chi connectivity index (χ2n) is 3.34. The molecule has 1 aromatic heterocycles. The molecule has 0 bridgehead atoms. The Morgan fingerprint density at radius 2 is 2.31 bits per heavy atom. The molecule has 16 heavy (non-hydrogen) atoms. The first-order valence-corrected chi connectivity index (χ1v) is 5.11. The minimum absolute atomic E-state index is 0.249. The molecule has 2 N–H and O–H groups in total. The van der Waals surface area contributed by atoms with Crippen molar-refractivity contribution in [3.63, 3.8) is 0 Å². The lowest BCUT2D eigenvalue weighted by Gasteiger charge is -2.03. The van der Waals surface area contributed by atoms with Crippen LogP contribution in [-0.4, -0.2) is 15.9 Å². The number of aromatic nitrogens is 2. The first kappa shape index (κ1) is 10.7. The maximum absolute atomic E-state index is 11.8. The number of H-pyrrole nitrogens is 1. The minimum Gasteiger partial charge on any atom is -0.348 e. The Bertz CT molecular complexity index is 521. The van der Waals surface area contributed by atoms with Gasteiger partial charge in [-0.1, -0.05) is 17.7 Å². The summed E-state index contributed by atoms with van der Waals surface area (Å²) in [7, 11) is 0. The zero-order valence-electron chi connectivity index (χ0n) is 8.62. The highest BCUT2D eigenvalue weighted by Crippen LogP contribution is 2.15. The molecule has 2 aromatic rings. The Hall–Kier alpha value is -1.81. The van der Waals surface area contributed by atoms with Crippen LogP contribution in [0, 0.1) is 6.92 Å². The molecule has 0 saturated carbocycles. The summed E-state index contributed by atoms with van der Waals surface area (Å²) in [6.45, 7) is 1.79. The van der Waals surface area contributed by atoms with Crippen LogP contribution in [0.15, 0.2) is 30.6 Å². The van der Waals surface area contributed by atoms with E-state index >= 15 is 0 Å². The molecule has 0 aliphatic rings. The average Bonchev–Trinajstić information content (AvgIpc) is 2.64. The van der Waals surface area contributed by atoms with E-state index in [0.29, 0.717) is 16.4 Å². The number of carbonyl (C=O) groups excluding carboxylic acids is 1. The number of anilines is 1. The molecule has 0 atom stereocenters. The van der Waals surface area contributed by atoms with Crippen LogP contribution in [0.25, 0.3) is 0 Å². The molecular weight excluding hydrogens is 226 g/mol. The number of amides is 1. The number of imidazole rings is 1.